The molecule has 0 N–H and O–H groups in total. The second-order valence-corrected chi connectivity index (χ2v) is 11.3. The predicted octanol–water partition coefficient (Wildman–Crippen LogP) is 10.2. The van der Waals surface area contributed by atoms with E-state index in [1.807, 2.05) is 18.2 Å². The topological polar surface area (TPSA) is 19.1 Å². The smallest absolute Gasteiger partial charge is 0.170 e. The molecule has 43 heavy (non-hydrogen) atoms. The maximum Gasteiger partial charge on any atom is 0.170 e. The monoisotopic (exact) mass is 554 g/mol. The molecule has 3 aliphatic carbocycles. The number of hydrogen-bond donors (Lipinski definition) is 0. The molecule has 1 unspecified atom stereocenters. The van der Waals surface area contributed by atoms with E-state index in [0.717, 1.165) is 51.6 Å². The Morgan fingerprint density at radius 2 is 1.93 bits per heavy atom. The molecule has 4 aromatic rings. The zero-order chi connectivity index (χ0) is 29.1. The summed E-state index contributed by atoms with van der Waals surface area (Å²) in [5.41, 5.74) is 19.4. The lowest BCUT2D eigenvalue weighted by molar-refractivity contribution is 0.441. The molecule has 2 bridgehead atoms. The van der Waals surface area contributed by atoms with Crippen molar-refractivity contribution in [2.45, 2.75) is 26.2 Å². The van der Waals surface area contributed by atoms with Gasteiger partial charge < -0.3 is 13.9 Å². The third-order valence-corrected chi connectivity index (χ3v) is 8.68. The first kappa shape index (κ1) is 25.3. The minimum absolute atomic E-state index is 0.427. The summed E-state index contributed by atoms with van der Waals surface area (Å²) in [5.74, 6) is 1.97. The van der Waals surface area contributed by atoms with Crippen molar-refractivity contribution in [2.24, 2.45) is 0 Å². The lowest BCUT2D eigenvalue weighted by Crippen LogP contribution is -2.06. The van der Waals surface area contributed by atoms with E-state index in [0.29, 0.717) is 11.7 Å². The second kappa shape index (κ2) is 9.82. The highest BCUT2D eigenvalue weighted by Gasteiger charge is 2.27. The van der Waals surface area contributed by atoms with Crippen LogP contribution in [0, 0.1) is 0 Å². The third kappa shape index (κ3) is 3.84. The van der Waals surface area contributed by atoms with Gasteiger partial charge in [0, 0.05) is 44.7 Å². The zero-order valence-corrected chi connectivity index (χ0v) is 24.3. The molecule has 0 spiro atoms. The van der Waals surface area contributed by atoms with Gasteiger partial charge in [-0.3, -0.25) is 0 Å². The van der Waals surface area contributed by atoms with Gasteiger partial charge in [-0.05, 0) is 97.7 Å². The SMILES string of the molecule is C=Cc1c2c(n(-c3ccc4c(c3)C3=C=C(C=CC(n5c6c(c7ccccc75)C=C=CC=C6)=C3)O4)c1/C=C\C)C=CCC2C. The number of ether oxygens (including phenoxy) is 1. The molecule has 3 heteroatoms. The Kier molecular flexibility index (Phi) is 5.77. The molecular formula is C40H30N2O. The summed E-state index contributed by atoms with van der Waals surface area (Å²) in [5, 5.41) is 1.20. The van der Waals surface area contributed by atoms with E-state index in [2.05, 4.69) is 138 Å². The van der Waals surface area contributed by atoms with E-state index in [9.17, 15) is 0 Å². The first-order valence-corrected chi connectivity index (χ1v) is 14.8. The molecule has 3 heterocycles. The van der Waals surface area contributed by atoms with Crippen LogP contribution in [0.1, 0.15) is 65.5 Å². The summed E-state index contributed by atoms with van der Waals surface area (Å²) >= 11 is 0. The van der Waals surface area contributed by atoms with E-state index in [-0.39, 0.29) is 0 Å². The van der Waals surface area contributed by atoms with Crippen molar-refractivity contribution in [1.29, 1.82) is 0 Å². The van der Waals surface area contributed by atoms with Crippen LogP contribution in [0.15, 0.2) is 109 Å². The van der Waals surface area contributed by atoms with Gasteiger partial charge >= 0.3 is 0 Å². The van der Waals surface area contributed by atoms with Crippen molar-refractivity contribution < 1.29 is 4.74 Å². The summed E-state index contributed by atoms with van der Waals surface area (Å²) in [6.45, 7) is 8.57. The fourth-order valence-corrected chi connectivity index (χ4v) is 6.84. The number of hydrogen-bond acceptors (Lipinski definition) is 1. The molecule has 0 amide bonds. The number of benzene rings is 2. The van der Waals surface area contributed by atoms with Gasteiger partial charge in [0.15, 0.2) is 5.76 Å². The molecule has 3 nitrogen and oxygen atoms in total. The van der Waals surface area contributed by atoms with Crippen molar-refractivity contribution in [3.63, 3.8) is 0 Å². The highest BCUT2D eigenvalue weighted by atomic mass is 16.5. The lowest BCUT2D eigenvalue weighted by atomic mass is 9.89. The molecular weight excluding hydrogens is 524 g/mol. The molecule has 2 aromatic carbocycles. The van der Waals surface area contributed by atoms with Gasteiger partial charge in [-0.15, -0.1) is 5.73 Å². The number of aromatic nitrogens is 2. The highest BCUT2D eigenvalue weighted by Crippen LogP contribution is 2.42. The highest BCUT2D eigenvalue weighted by molar-refractivity contribution is 5.99. The normalized spacial score (nSPS) is 17.5. The summed E-state index contributed by atoms with van der Waals surface area (Å²) in [7, 11) is 0. The molecule has 0 saturated heterocycles. The summed E-state index contributed by atoms with van der Waals surface area (Å²) < 4.78 is 11.0. The van der Waals surface area contributed by atoms with Gasteiger partial charge in [-0.1, -0.05) is 61.7 Å². The fraction of sp³-hybridized carbons (Fsp3) is 0.100. The van der Waals surface area contributed by atoms with Crippen LogP contribution in [-0.2, 0) is 0 Å². The maximum atomic E-state index is 6.36. The molecule has 8 rings (SSSR count). The van der Waals surface area contributed by atoms with E-state index >= 15 is 0 Å². The van der Waals surface area contributed by atoms with Crippen molar-refractivity contribution in [2.75, 3.05) is 0 Å². The van der Waals surface area contributed by atoms with Crippen LogP contribution in [0.2, 0.25) is 0 Å². The van der Waals surface area contributed by atoms with Crippen LogP contribution in [0.3, 0.4) is 0 Å². The van der Waals surface area contributed by atoms with Gasteiger partial charge in [-0.2, -0.15) is 0 Å². The molecule has 4 aliphatic rings. The molecule has 1 aliphatic heterocycles. The van der Waals surface area contributed by atoms with Gasteiger partial charge in [-0.25, -0.2) is 0 Å². The number of rotatable bonds is 4. The quantitative estimate of drug-likeness (QED) is 0.230. The Morgan fingerprint density at radius 3 is 2.81 bits per heavy atom. The molecule has 0 fully saturated rings. The van der Waals surface area contributed by atoms with Crippen molar-refractivity contribution in [3.8, 4) is 11.4 Å². The molecule has 2 aromatic heterocycles. The molecule has 1 atom stereocenters. The van der Waals surface area contributed by atoms with E-state index in [1.165, 1.54) is 27.8 Å². The Bertz CT molecular complexity index is 2180. The number of fused-ring (bicyclic) bond motifs is 6. The molecule has 0 radical (unpaired) electrons. The third-order valence-electron chi connectivity index (χ3n) is 8.68. The Balaban J connectivity index is 1.32. The maximum absolute atomic E-state index is 6.36. The van der Waals surface area contributed by atoms with E-state index < -0.39 is 0 Å². The van der Waals surface area contributed by atoms with Crippen LogP contribution >= 0.6 is 0 Å². The first-order valence-electron chi connectivity index (χ1n) is 14.8. The Labute approximate surface area is 251 Å². The second-order valence-electron chi connectivity index (χ2n) is 11.3. The summed E-state index contributed by atoms with van der Waals surface area (Å²) in [6.07, 6.45) is 26.5. The Hall–Kier alpha value is -5.46. The predicted molar refractivity (Wildman–Crippen MR) is 181 cm³/mol. The standard InChI is InChI=1S/C40H30N2O/c1-4-12-35-31(5-2)40-26(3)13-11-18-38(40)42(35)29-20-22-39-34(25-29)27-23-28(19-21-30(24-27)43-39)41-36-16-8-6-7-14-32(36)33-15-9-10-17-37(33)41/h4-6,8-12,14-23,25-26H,2,13H2,1,3H3/b12-4-. The van der Waals surface area contributed by atoms with Crippen LogP contribution in [-0.4, -0.2) is 9.13 Å². The average molecular weight is 555 g/mol. The van der Waals surface area contributed by atoms with Gasteiger partial charge in [0.1, 0.15) is 5.75 Å². The fourth-order valence-electron chi connectivity index (χ4n) is 6.84. The Morgan fingerprint density at radius 1 is 1.02 bits per heavy atom. The molecule has 0 saturated carbocycles. The number of para-hydroxylation sites is 1. The van der Waals surface area contributed by atoms with Crippen molar-refractivity contribution in [1.82, 2.24) is 9.13 Å². The minimum atomic E-state index is 0.427. The zero-order valence-electron chi connectivity index (χ0n) is 24.3. The summed E-state index contributed by atoms with van der Waals surface area (Å²) in [6, 6.07) is 15.0. The number of nitrogens with zero attached hydrogens (tertiary/aromatic N) is 2. The van der Waals surface area contributed by atoms with Crippen molar-refractivity contribution >= 4 is 52.6 Å². The first-order chi connectivity index (χ1) is 21.2. The molecule has 206 valence electrons. The summed E-state index contributed by atoms with van der Waals surface area (Å²) in [4.78, 5) is 0. The van der Waals surface area contributed by atoms with Crippen LogP contribution in [0.4, 0.5) is 0 Å². The van der Waals surface area contributed by atoms with E-state index in [1.54, 1.807) is 0 Å². The van der Waals surface area contributed by atoms with Crippen molar-refractivity contribution in [3.05, 3.63) is 148 Å². The number of allylic oxidation sites excluding steroid dienone is 8. The van der Waals surface area contributed by atoms with Gasteiger partial charge in [0.05, 0.1) is 16.9 Å². The largest absolute Gasteiger partial charge is 0.448 e. The average Bonchev–Trinajstić information content (AvgIpc) is 3.29. The van der Waals surface area contributed by atoms with Crippen LogP contribution < -0.4 is 4.74 Å². The van der Waals surface area contributed by atoms with Crippen LogP contribution in [0.25, 0.3) is 58.2 Å². The minimum Gasteiger partial charge on any atom is -0.448 e. The van der Waals surface area contributed by atoms with Gasteiger partial charge in [0.25, 0.3) is 0 Å². The van der Waals surface area contributed by atoms with Crippen LogP contribution in [0.5, 0.6) is 5.75 Å². The van der Waals surface area contributed by atoms with E-state index in [4.69, 9.17) is 4.74 Å². The van der Waals surface area contributed by atoms with Gasteiger partial charge in [0.2, 0.25) is 0 Å². The lowest BCUT2D eigenvalue weighted by Gasteiger charge is -2.20.